The van der Waals surface area contributed by atoms with Crippen molar-refractivity contribution >= 4 is 6.09 Å². The molecule has 0 radical (unpaired) electrons. The summed E-state index contributed by atoms with van der Waals surface area (Å²) < 4.78 is 43.7. The van der Waals surface area contributed by atoms with Gasteiger partial charge in [0.1, 0.15) is 6.61 Å². The summed E-state index contributed by atoms with van der Waals surface area (Å²) in [5, 5.41) is 11.1. The molecule has 0 saturated carbocycles. The fourth-order valence-electron chi connectivity index (χ4n) is 4.75. The molecule has 0 spiro atoms. The van der Waals surface area contributed by atoms with Crippen molar-refractivity contribution in [3.8, 4) is 0 Å². The van der Waals surface area contributed by atoms with Crippen molar-refractivity contribution in [2.75, 3.05) is 0 Å². The third-order valence-corrected chi connectivity index (χ3v) is 6.08. The molecule has 0 aliphatic carbocycles. The van der Waals surface area contributed by atoms with Crippen LogP contribution in [0.3, 0.4) is 0 Å². The Labute approximate surface area is 173 Å². The molecule has 2 heterocycles. The minimum absolute atomic E-state index is 0.119. The first-order valence-corrected chi connectivity index (χ1v) is 10.1. The molecular weight excluding hydrogens is 395 g/mol. The van der Waals surface area contributed by atoms with Crippen LogP contribution in [0.4, 0.5) is 18.0 Å². The van der Waals surface area contributed by atoms with Crippen molar-refractivity contribution in [1.29, 1.82) is 0 Å². The Balaban J connectivity index is 1.38. The molecule has 160 valence electrons. The predicted octanol–water partition coefficient (Wildman–Crippen LogP) is 4.94. The summed E-state index contributed by atoms with van der Waals surface area (Å²) in [5.74, 6) is 0. The number of halogens is 3. The summed E-state index contributed by atoms with van der Waals surface area (Å²) in [5.41, 5.74) is -0.171. The van der Waals surface area contributed by atoms with E-state index >= 15 is 0 Å². The number of benzene rings is 2. The Morgan fingerprint density at radius 2 is 1.60 bits per heavy atom. The third kappa shape index (κ3) is 4.46. The van der Waals surface area contributed by atoms with Crippen LogP contribution in [-0.4, -0.2) is 33.8 Å². The van der Waals surface area contributed by atoms with E-state index in [2.05, 4.69) is 0 Å². The second-order valence-corrected chi connectivity index (χ2v) is 8.34. The Hall–Kier alpha value is -2.54. The molecule has 2 bridgehead atoms. The second kappa shape index (κ2) is 7.95. The van der Waals surface area contributed by atoms with E-state index in [1.807, 2.05) is 30.3 Å². The van der Waals surface area contributed by atoms with Crippen LogP contribution >= 0.6 is 0 Å². The van der Waals surface area contributed by atoms with Gasteiger partial charge in [-0.3, -0.25) is 0 Å². The highest BCUT2D eigenvalue weighted by atomic mass is 19.4. The number of alkyl halides is 3. The summed E-state index contributed by atoms with van der Waals surface area (Å²) in [4.78, 5) is 14.4. The number of ether oxygens (including phenoxy) is 1. The van der Waals surface area contributed by atoms with Crippen LogP contribution in [-0.2, 0) is 23.9 Å². The van der Waals surface area contributed by atoms with Crippen LogP contribution in [0.25, 0.3) is 0 Å². The summed E-state index contributed by atoms with van der Waals surface area (Å²) in [7, 11) is 0. The number of hydrogen-bond donors (Lipinski definition) is 1. The SMILES string of the molecule is O=C(OCc1ccccc1)N1C2CCC1CC(O)(Cc1ccc(C(F)(F)F)cc1)C2. The van der Waals surface area contributed by atoms with Crippen molar-refractivity contribution in [1.82, 2.24) is 4.90 Å². The molecule has 2 aliphatic rings. The van der Waals surface area contributed by atoms with Crippen LogP contribution in [0.1, 0.15) is 42.4 Å². The van der Waals surface area contributed by atoms with E-state index in [-0.39, 0.29) is 31.2 Å². The van der Waals surface area contributed by atoms with Crippen LogP contribution in [0.15, 0.2) is 54.6 Å². The van der Waals surface area contributed by atoms with Gasteiger partial charge in [-0.1, -0.05) is 42.5 Å². The van der Waals surface area contributed by atoms with Gasteiger partial charge in [0.05, 0.1) is 11.2 Å². The number of hydrogen-bond acceptors (Lipinski definition) is 3. The lowest BCUT2D eigenvalue weighted by Crippen LogP contribution is -2.54. The number of carbonyl (C=O) groups excluding carboxylic acids is 1. The van der Waals surface area contributed by atoms with E-state index in [0.29, 0.717) is 18.4 Å². The molecule has 2 unspecified atom stereocenters. The zero-order valence-electron chi connectivity index (χ0n) is 16.4. The summed E-state index contributed by atoms with van der Waals surface area (Å²) in [6, 6.07) is 14.1. The topological polar surface area (TPSA) is 49.8 Å². The van der Waals surface area contributed by atoms with E-state index in [9.17, 15) is 23.1 Å². The second-order valence-electron chi connectivity index (χ2n) is 8.34. The minimum atomic E-state index is -4.38. The fraction of sp³-hybridized carbons (Fsp3) is 0.435. The summed E-state index contributed by atoms with van der Waals surface area (Å²) in [6.45, 7) is 0.200. The maximum Gasteiger partial charge on any atom is 0.416 e. The average molecular weight is 419 g/mol. The number of fused-ring (bicyclic) bond motifs is 2. The molecule has 2 aromatic carbocycles. The normalized spacial score (nSPS) is 25.9. The molecule has 7 heteroatoms. The lowest BCUT2D eigenvalue weighted by atomic mass is 9.81. The zero-order valence-corrected chi connectivity index (χ0v) is 16.4. The Morgan fingerprint density at radius 3 is 2.17 bits per heavy atom. The first-order valence-electron chi connectivity index (χ1n) is 10.1. The first-order chi connectivity index (χ1) is 14.2. The molecule has 2 aromatic rings. The van der Waals surface area contributed by atoms with Gasteiger partial charge in [0.25, 0.3) is 0 Å². The molecule has 30 heavy (non-hydrogen) atoms. The molecule has 2 atom stereocenters. The predicted molar refractivity (Wildman–Crippen MR) is 105 cm³/mol. The smallest absolute Gasteiger partial charge is 0.416 e. The van der Waals surface area contributed by atoms with Gasteiger partial charge < -0.3 is 14.7 Å². The third-order valence-electron chi connectivity index (χ3n) is 6.08. The molecule has 2 saturated heterocycles. The quantitative estimate of drug-likeness (QED) is 0.764. The van der Waals surface area contributed by atoms with Gasteiger partial charge in [-0.15, -0.1) is 0 Å². The molecule has 4 nitrogen and oxygen atoms in total. The van der Waals surface area contributed by atoms with Crippen LogP contribution in [0, 0.1) is 0 Å². The standard InChI is InChI=1S/C23H24F3NO3/c24-23(25,26)18-8-6-16(7-9-18)12-22(29)13-19-10-11-20(14-22)27(19)21(28)30-15-17-4-2-1-3-5-17/h1-9,19-20,29H,10-15H2. The Morgan fingerprint density at radius 1 is 1.00 bits per heavy atom. The van der Waals surface area contributed by atoms with Gasteiger partial charge in [0.2, 0.25) is 0 Å². The molecule has 1 amide bonds. The van der Waals surface area contributed by atoms with Crippen LogP contribution in [0.2, 0.25) is 0 Å². The first kappa shape index (κ1) is 20.7. The Kier molecular flexibility index (Phi) is 5.49. The van der Waals surface area contributed by atoms with Crippen LogP contribution in [0.5, 0.6) is 0 Å². The van der Waals surface area contributed by atoms with Gasteiger partial charge in [0.15, 0.2) is 0 Å². The highest BCUT2D eigenvalue weighted by molar-refractivity contribution is 5.69. The van der Waals surface area contributed by atoms with Crippen molar-refractivity contribution in [3.05, 3.63) is 71.3 Å². The van der Waals surface area contributed by atoms with Crippen molar-refractivity contribution in [3.63, 3.8) is 0 Å². The highest BCUT2D eigenvalue weighted by Gasteiger charge is 2.49. The number of carbonyl (C=O) groups is 1. The van der Waals surface area contributed by atoms with Gasteiger partial charge >= 0.3 is 12.3 Å². The largest absolute Gasteiger partial charge is 0.445 e. The summed E-state index contributed by atoms with van der Waals surface area (Å²) >= 11 is 0. The summed E-state index contributed by atoms with van der Waals surface area (Å²) in [6.07, 6.45) is -2.11. The maximum absolute atomic E-state index is 12.8. The molecule has 2 fully saturated rings. The molecule has 2 aliphatic heterocycles. The van der Waals surface area contributed by atoms with E-state index < -0.39 is 17.3 Å². The minimum Gasteiger partial charge on any atom is -0.445 e. The van der Waals surface area contributed by atoms with Gasteiger partial charge in [-0.25, -0.2) is 4.79 Å². The monoisotopic (exact) mass is 419 g/mol. The maximum atomic E-state index is 12.8. The lowest BCUT2D eigenvalue weighted by Gasteiger charge is -2.43. The Bertz CT molecular complexity index is 869. The van der Waals surface area contributed by atoms with Gasteiger partial charge in [-0.05, 0) is 48.9 Å². The van der Waals surface area contributed by atoms with E-state index in [1.54, 1.807) is 4.90 Å². The highest BCUT2D eigenvalue weighted by Crippen LogP contribution is 2.42. The van der Waals surface area contributed by atoms with Gasteiger partial charge in [-0.2, -0.15) is 13.2 Å². The number of piperidine rings is 1. The van der Waals surface area contributed by atoms with E-state index in [0.717, 1.165) is 30.5 Å². The van der Waals surface area contributed by atoms with Crippen molar-refractivity contribution in [2.45, 2.75) is 62.6 Å². The van der Waals surface area contributed by atoms with Gasteiger partial charge in [0, 0.05) is 18.5 Å². The number of amides is 1. The van der Waals surface area contributed by atoms with Crippen molar-refractivity contribution < 1.29 is 27.8 Å². The van der Waals surface area contributed by atoms with Crippen LogP contribution < -0.4 is 0 Å². The molecular formula is C23H24F3NO3. The van der Waals surface area contributed by atoms with E-state index in [1.165, 1.54) is 12.1 Å². The average Bonchev–Trinajstić information content (AvgIpc) is 2.99. The molecule has 0 aromatic heterocycles. The zero-order chi connectivity index (χ0) is 21.4. The van der Waals surface area contributed by atoms with E-state index in [4.69, 9.17) is 4.74 Å². The lowest BCUT2D eigenvalue weighted by molar-refractivity contribution is -0.137. The number of nitrogens with zero attached hydrogens (tertiary/aromatic N) is 1. The number of rotatable bonds is 4. The molecule has 4 rings (SSSR count). The molecule has 1 N–H and O–H groups in total. The van der Waals surface area contributed by atoms with Crippen molar-refractivity contribution in [2.24, 2.45) is 0 Å². The number of aliphatic hydroxyl groups is 1. The fourth-order valence-corrected chi connectivity index (χ4v) is 4.75.